The fourth-order valence-corrected chi connectivity index (χ4v) is 2.86. The number of benzene rings is 1. The molecule has 0 saturated heterocycles. The molecule has 0 aliphatic heterocycles. The van der Waals surface area contributed by atoms with E-state index in [0.717, 1.165) is 17.2 Å². The number of para-hydroxylation sites is 1. The van der Waals surface area contributed by atoms with Crippen LogP contribution in [0.4, 0.5) is 0 Å². The van der Waals surface area contributed by atoms with Crippen LogP contribution in [0.2, 0.25) is 0 Å². The van der Waals surface area contributed by atoms with Gasteiger partial charge in [-0.3, -0.25) is 4.79 Å². The first-order valence-electron chi connectivity index (χ1n) is 6.63. The highest BCUT2D eigenvalue weighted by molar-refractivity contribution is 7.16. The lowest BCUT2D eigenvalue weighted by molar-refractivity contribution is 0.199. The third-order valence-electron chi connectivity index (χ3n) is 3.03. The van der Waals surface area contributed by atoms with Crippen LogP contribution >= 0.6 is 11.3 Å². The summed E-state index contributed by atoms with van der Waals surface area (Å²) in [5.74, 6) is 0.776. The molecule has 0 saturated carbocycles. The number of aromatic nitrogens is 4. The highest BCUT2D eigenvalue weighted by Gasteiger charge is 2.18. The summed E-state index contributed by atoms with van der Waals surface area (Å²) in [6.07, 6.45) is 0.536. The van der Waals surface area contributed by atoms with Crippen LogP contribution < -0.4 is 10.3 Å². The van der Waals surface area contributed by atoms with E-state index >= 15 is 0 Å². The third kappa shape index (κ3) is 2.64. The minimum Gasteiger partial charge on any atom is -0.483 e. The van der Waals surface area contributed by atoms with E-state index in [-0.39, 0.29) is 11.7 Å². The molecule has 3 rings (SSSR count). The van der Waals surface area contributed by atoms with Crippen LogP contribution in [0.1, 0.15) is 30.2 Å². The molecule has 3 aromatic rings. The summed E-state index contributed by atoms with van der Waals surface area (Å²) >= 11 is 1.33. The Labute approximate surface area is 125 Å². The Hall–Kier alpha value is -2.28. The molecule has 0 aliphatic carbocycles. The maximum absolute atomic E-state index is 12.0. The van der Waals surface area contributed by atoms with Crippen molar-refractivity contribution in [3.05, 3.63) is 51.4 Å². The fourth-order valence-electron chi connectivity index (χ4n) is 1.91. The Bertz CT molecular complexity index is 813. The van der Waals surface area contributed by atoms with E-state index in [2.05, 4.69) is 15.3 Å². The number of ether oxygens (including phenoxy) is 1. The van der Waals surface area contributed by atoms with Gasteiger partial charge in [-0.1, -0.05) is 36.5 Å². The zero-order valence-corrected chi connectivity index (χ0v) is 12.5. The molecule has 1 aromatic carbocycles. The van der Waals surface area contributed by atoms with Crippen LogP contribution in [0.5, 0.6) is 5.75 Å². The van der Waals surface area contributed by atoms with Crippen LogP contribution in [0, 0.1) is 6.92 Å². The topological polar surface area (TPSA) is 69.4 Å². The van der Waals surface area contributed by atoms with Crippen LogP contribution in [0.15, 0.2) is 35.1 Å². The summed E-state index contributed by atoms with van der Waals surface area (Å²) in [5, 5.41) is 12.9. The smallest absolute Gasteiger partial charge is 0.296 e. The predicted molar refractivity (Wildman–Crippen MR) is 79.8 cm³/mol. The molecular formula is C14H14N4O2S. The van der Waals surface area contributed by atoms with Gasteiger partial charge in [0.1, 0.15) is 11.4 Å². The SMILES string of the molecule is CC[C@H](Oc1ccccc1)c1nn2c(=O)c(C)nnc2s1. The van der Waals surface area contributed by atoms with Gasteiger partial charge < -0.3 is 4.74 Å². The summed E-state index contributed by atoms with van der Waals surface area (Å²) < 4.78 is 7.22. The van der Waals surface area contributed by atoms with E-state index < -0.39 is 0 Å². The average Bonchev–Trinajstić information content (AvgIpc) is 2.94. The molecule has 0 radical (unpaired) electrons. The van der Waals surface area contributed by atoms with E-state index in [4.69, 9.17) is 4.74 Å². The molecule has 0 spiro atoms. The first kappa shape index (κ1) is 13.7. The molecule has 2 aromatic heterocycles. The third-order valence-corrected chi connectivity index (χ3v) is 4.02. The van der Waals surface area contributed by atoms with Crippen LogP contribution in [0.25, 0.3) is 4.96 Å². The zero-order chi connectivity index (χ0) is 14.8. The van der Waals surface area contributed by atoms with Gasteiger partial charge in [0.15, 0.2) is 11.1 Å². The second-order valence-electron chi connectivity index (χ2n) is 4.55. The monoisotopic (exact) mass is 302 g/mol. The number of nitrogens with zero attached hydrogens (tertiary/aromatic N) is 4. The van der Waals surface area contributed by atoms with Crippen molar-refractivity contribution < 1.29 is 4.74 Å². The van der Waals surface area contributed by atoms with Gasteiger partial charge in [0.25, 0.3) is 5.56 Å². The molecule has 7 heteroatoms. The van der Waals surface area contributed by atoms with E-state index in [9.17, 15) is 4.79 Å². The number of aryl methyl sites for hydroxylation is 1. The highest BCUT2D eigenvalue weighted by Crippen LogP contribution is 2.27. The van der Waals surface area contributed by atoms with E-state index in [1.54, 1.807) is 6.92 Å². The predicted octanol–water partition coefficient (Wildman–Crippen LogP) is 2.38. The Morgan fingerprint density at radius 1 is 1.29 bits per heavy atom. The zero-order valence-electron chi connectivity index (χ0n) is 11.7. The van der Waals surface area contributed by atoms with Crippen molar-refractivity contribution in [2.24, 2.45) is 0 Å². The lowest BCUT2D eigenvalue weighted by atomic mass is 10.3. The molecule has 0 unspecified atom stereocenters. The summed E-state index contributed by atoms with van der Waals surface area (Å²) in [4.78, 5) is 12.5. The lowest BCUT2D eigenvalue weighted by Crippen LogP contribution is -2.19. The second-order valence-corrected chi connectivity index (χ2v) is 5.54. The minimum absolute atomic E-state index is 0.209. The normalized spacial score (nSPS) is 12.5. The first-order valence-corrected chi connectivity index (χ1v) is 7.45. The molecule has 1 atom stereocenters. The van der Waals surface area contributed by atoms with Crippen molar-refractivity contribution in [2.45, 2.75) is 26.4 Å². The number of hydrogen-bond acceptors (Lipinski definition) is 6. The van der Waals surface area contributed by atoms with Crippen molar-refractivity contribution in [2.75, 3.05) is 0 Å². The molecule has 0 aliphatic rings. The molecule has 21 heavy (non-hydrogen) atoms. The Balaban J connectivity index is 1.98. The van der Waals surface area contributed by atoms with E-state index in [1.165, 1.54) is 15.9 Å². The largest absolute Gasteiger partial charge is 0.483 e. The maximum atomic E-state index is 12.0. The maximum Gasteiger partial charge on any atom is 0.296 e. The van der Waals surface area contributed by atoms with Crippen molar-refractivity contribution in [1.82, 2.24) is 19.8 Å². The highest BCUT2D eigenvalue weighted by atomic mass is 32.1. The molecule has 0 N–H and O–H groups in total. The summed E-state index contributed by atoms with van der Waals surface area (Å²) in [7, 11) is 0. The summed E-state index contributed by atoms with van der Waals surface area (Å²) in [6.45, 7) is 3.64. The molecule has 6 nitrogen and oxygen atoms in total. The molecule has 0 bridgehead atoms. The van der Waals surface area contributed by atoms with E-state index in [0.29, 0.717) is 10.7 Å². The van der Waals surface area contributed by atoms with Gasteiger partial charge in [0, 0.05) is 0 Å². The fraction of sp³-hybridized carbons (Fsp3) is 0.286. The van der Waals surface area contributed by atoms with Crippen LogP contribution in [-0.2, 0) is 0 Å². The number of fused-ring (bicyclic) bond motifs is 1. The molecule has 0 amide bonds. The Morgan fingerprint density at radius 2 is 2.05 bits per heavy atom. The van der Waals surface area contributed by atoms with Gasteiger partial charge in [-0.15, -0.1) is 10.2 Å². The van der Waals surface area contributed by atoms with Crippen LogP contribution in [-0.4, -0.2) is 19.8 Å². The Morgan fingerprint density at radius 3 is 2.76 bits per heavy atom. The molecule has 2 heterocycles. The van der Waals surface area contributed by atoms with Crippen molar-refractivity contribution in [3.63, 3.8) is 0 Å². The molecule has 108 valence electrons. The Kier molecular flexibility index (Phi) is 3.66. The number of rotatable bonds is 4. The van der Waals surface area contributed by atoms with E-state index in [1.807, 2.05) is 37.3 Å². The van der Waals surface area contributed by atoms with Gasteiger partial charge in [-0.25, -0.2) is 0 Å². The number of hydrogen-bond donors (Lipinski definition) is 0. The average molecular weight is 302 g/mol. The van der Waals surface area contributed by atoms with Gasteiger partial charge in [-0.05, 0) is 25.5 Å². The lowest BCUT2D eigenvalue weighted by Gasteiger charge is -2.14. The van der Waals surface area contributed by atoms with Crippen molar-refractivity contribution in [1.29, 1.82) is 0 Å². The molecular weight excluding hydrogens is 288 g/mol. The first-order chi connectivity index (χ1) is 10.2. The van der Waals surface area contributed by atoms with Crippen molar-refractivity contribution >= 4 is 16.3 Å². The van der Waals surface area contributed by atoms with Crippen LogP contribution in [0.3, 0.4) is 0 Å². The van der Waals surface area contributed by atoms with Crippen molar-refractivity contribution in [3.8, 4) is 5.75 Å². The van der Waals surface area contributed by atoms with Gasteiger partial charge in [0.2, 0.25) is 4.96 Å². The minimum atomic E-state index is -0.239. The quantitative estimate of drug-likeness (QED) is 0.740. The summed E-state index contributed by atoms with van der Waals surface area (Å²) in [5.41, 5.74) is 0.0958. The van der Waals surface area contributed by atoms with Gasteiger partial charge in [-0.2, -0.15) is 9.61 Å². The van der Waals surface area contributed by atoms with Gasteiger partial charge in [0.05, 0.1) is 0 Å². The standard InChI is InChI=1S/C14H14N4O2S/c1-3-11(20-10-7-5-4-6-8-10)12-17-18-13(19)9(2)15-16-14(18)21-12/h4-8,11H,3H2,1-2H3/t11-/m0/s1. The second kappa shape index (κ2) is 5.61. The summed E-state index contributed by atoms with van der Waals surface area (Å²) in [6, 6.07) is 9.56. The molecule has 0 fully saturated rings. The van der Waals surface area contributed by atoms with Gasteiger partial charge >= 0.3 is 0 Å².